The van der Waals surface area contributed by atoms with E-state index >= 15 is 0 Å². The van der Waals surface area contributed by atoms with Crippen LogP contribution in [0.4, 0.5) is 0 Å². The number of hydrogen-bond donors (Lipinski definition) is 1. The predicted molar refractivity (Wildman–Crippen MR) is 76.2 cm³/mol. The van der Waals surface area contributed by atoms with Crippen LogP contribution in [0.15, 0.2) is 30.7 Å². The number of amides is 1. The first-order chi connectivity index (χ1) is 10.3. The molecule has 1 aliphatic rings. The predicted octanol–water partition coefficient (Wildman–Crippen LogP) is 0.437. The molecule has 2 N–H and O–H groups in total. The van der Waals surface area contributed by atoms with Crippen molar-refractivity contribution in [3.05, 3.63) is 42.0 Å². The fourth-order valence-corrected chi connectivity index (χ4v) is 2.23. The standard InChI is InChI=1S/C14H18N6O/c15-5-7-19-10-13(17-18-19)14(21)20(12-3-4-12)9-11-2-1-6-16-8-11/h1-2,6,8,10,12H,3-5,7,9,15H2. The molecule has 7 nitrogen and oxygen atoms in total. The molecule has 0 bridgehead atoms. The maximum Gasteiger partial charge on any atom is 0.276 e. The third-order valence-corrected chi connectivity index (χ3v) is 3.44. The Morgan fingerprint density at radius 3 is 3.00 bits per heavy atom. The van der Waals surface area contributed by atoms with Gasteiger partial charge >= 0.3 is 0 Å². The number of nitrogens with zero attached hydrogens (tertiary/aromatic N) is 5. The van der Waals surface area contributed by atoms with Crippen molar-refractivity contribution < 1.29 is 4.79 Å². The number of carbonyl (C=O) groups is 1. The fraction of sp³-hybridized carbons (Fsp3) is 0.429. The van der Waals surface area contributed by atoms with Gasteiger partial charge in [-0.2, -0.15) is 0 Å². The van der Waals surface area contributed by atoms with Crippen LogP contribution in [-0.2, 0) is 13.1 Å². The van der Waals surface area contributed by atoms with Gasteiger partial charge in [0.2, 0.25) is 0 Å². The maximum atomic E-state index is 12.6. The normalized spacial score (nSPS) is 14.1. The molecule has 2 heterocycles. The first kappa shape index (κ1) is 13.7. The molecule has 21 heavy (non-hydrogen) atoms. The summed E-state index contributed by atoms with van der Waals surface area (Å²) in [4.78, 5) is 18.6. The molecule has 1 amide bonds. The van der Waals surface area contributed by atoms with Crippen molar-refractivity contribution >= 4 is 5.91 Å². The summed E-state index contributed by atoms with van der Waals surface area (Å²) < 4.78 is 1.60. The Morgan fingerprint density at radius 2 is 2.33 bits per heavy atom. The minimum absolute atomic E-state index is 0.0791. The highest BCUT2D eigenvalue weighted by molar-refractivity contribution is 5.92. The van der Waals surface area contributed by atoms with Gasteiger partial charge < -0.3 is 10.6 Å². The fourth-order valence-electron chi connectivity index (χ4n) is 2.23. The second kappa shape index (κ2) is 6.01. The van der Waals surface area contributed by atoms with Crippen LogP contribution in [0.5, 0.6) is 0 Å². The van der Waals surface area contributed by atoms with E-state index in [1.54, 1.807) is 23.3 Å². The molecular weight excluding hydrogens is 268 g/mol. The van der Waals surface area contributed by atoms with Gasteiger partial charge in [0.25, 0.3) is 5.91 Å². The molecule has 2 aromatic heterocycles. The first-order valence-electron chi connectivity index (χ1n) is 7.08. The molecule has 0 saturated heterocycles. The van der Waals surface area contributed by atoms with Crippen LogP contribution >= 0.6 is 0 Å². The monoisotopic (exact) mass is 286 g/mol. The van der Waals surface area contributed by atoms with Gasteiger partial charge in [0, 0.05) is 31.5 Å². The van der Waals surface area contributed by atoms with E-state index in [0.717, 1.165) is 18.4 Å². The quantitative estimate of drug-likeness (QED) is 0.832. The first-order valence-corrected chi connectivity index (χ1v) is 7.08. The minimum Gasteiger partial charge on any atom is -0.330 e. The average Bonchev–Trinajstić information content (AvgIpc) is 3.25. The van der Waals surface area contributed by atoms with Crippen LogP contribution in [-0.4, -0.2) is 43.4 Å². The lowest BCUT2D eigenvalue weighted by atomic mass is 10.2. The van der Waals surface area contributed by atoms with E-state index in [9.17, 15) is 4.79 Å². The Labute approximate surface area is 122 Å². The van der Waals surface area contributed by atoms with Crippen molar-refractivity contribution in [3.63, 3.8) is 0 Å². The highest BCUT2D eigenvalue weighted by atomic mass is 16.2. The summed E-state index contributed by atoms with van der Waals surface area (Å²) in [6, 6.07) is 4.15. The molecule has 0 atom stereocenters. The van der Waals surface area contributed by atoms with E-state index in [1.165, 1.54) is 0 Å². The summed E-state index contributed by atoms with van der Waals surface area (Å²) in [5.41, 5.74) is 6.87. The second-order valence-corrected chi connectivity index (χ2v) is 5.18. The molecule has 0 radical (unpaired) electrons. The molecule has 1 saturated carbocycles. The van der Waals surface area contributed by atoms with Crippen molar-refractivity contribution in [1.82, 2.24) is 24.9 Å². The number of rotatable bonds is 6. The van der Waals surface area contributed by atoms with Crippen LogP contribution in [0.25, 0.3) is 0 Å². The molecule has 0 aliphatic heterocycles. The largest absolute Gasteiger partial charge is 0.330 e. The van der Waals surface area contributed by atoms with Crippen molar-refractivity contribution in [1.29, 1.82) is 0 Å². The zero-order chi connectivity index (χ0) is 14.7. The van der Waals surface area contributed by atoms with Gasteiger partial charge in [0.15, 0.2) is 5.69 Å². The van der Waals surface area contributed by atoms with Crippen LogP contribution in [0.2, 0.25) is 0 Å². The van der Waals surface area contributed by atoms with Gasteiger partial charge in [0.1, 0.15) is 0 Å². The Bertz CT molecular complexity index is 607. The van der Waals surface area contributed by atoms with Crippen molar-refractivity contribution in [2.24, 2.45) is 5.73 Å². The summed E-state index contributed by atoms with van der Waals surface area (Å²) >= 11 is 0. The minimum atomic E-state index is -0.0791. The number of hydrogen-bond acceptors (Lipinski definition) is 5. The maximum absolute atomic E-state index is 12.6. The van der Waals surface area contributed by atoms with Crippen molar-refractivity contribution in [3.8, 4) is 0 Å². The Kier molecular flexibility index (Phi) is 3.92. The van der Waals surface area contributed by atoms with Gasteiger partial charge in [-0.05, 0) is 24.5 Å². The van der Waals surface area contributed by atoms with Gasteiger partial charge in [0.05, 0.1) is 12.7 Å². The number of carbonyl (C=O) groups excluding carboxylic acids is 1. The van der Waals surface area contributed by atoms with E-state index in [-0.39, 0.29) is 5.91 Å². The summed E-state index contributed by atoms with van der Waals surface area (Å²) in [6.07, 6.45) is 7.26. The topological polar surface area (TPSA) is 89.9 Å². The lowest BCUT2D eigenvalue weighted by molar-refractivity contribution is 0.0723. The lowest BCUT2D eigenvalue weighted by Crippen LogP contribution is -2.33. The van der Waals surface area contributed by atoms with Gasteiger partial charge in [-0.15, -0.1) is 5.10 Å². The molecule has 0 spiro atoms. The van der Waals surface area contributed by atoms with E-state index in [2.05, 4.69) is 15.3 Å². The molecular formula is C14H18N6O. The molecule has 2 aromatic rings. The Morgan fingerprint density at radius 1 is 1.48 bits per heavy atom. The van der Waals surface area contributed by atoms with Gasteiger partial charge in [-0.1, -0.05) is 11.3 Å². The third-order valence-electron chi connectivity index (χ3n) is 3.44. The SMILES string of the molecule is NCCn1cc(C(=O)N(Cc2cccnc2)C2CC2)nn1. The third kappa shape index (κ3) is 3.25. The summed E-state index contributed by atoms with van der Waals surface area (Å²) in [6.45, 7) is 1.59. The summed E-state index contributed by atoms with van der Waals surface area (Å²) in [5.74, 6) is -0.0791. The second-order valence-electron chi connectivity index (χ2n) is 5.18. The smallest absolute Gasteiger partial charge is 0.276 e. The molecule has 3 rings (SSSR count). The zero-order valence-electron chi connectivity index (χ0n) is 11.7. The Hall–Kier alpha value is -2.28. The van der Waals surface area contributed by atoms with Crippen molar-refractivity contribution in [2.45, 2.75) is 32.0 Å². The lowest BCUT2D eigenvalue weighted by Gasteiger charge is -2.21. The van der Waals surface area contributed by atoms with Crippen LogP contribution in [0.3, 0.4) is 0 Å². The molecule has 110 valence electrons. The molecule has 1 fully saturated rings. The van der Waals surface area contributed by atoms with E-state index < -0.39 is 0 Å². The van der Waals surface area contributed by atoms with Crippen LogP contribution in [0.1, 0.15) is 28.9 Å². The van der Waals surface area contributed by atoms with E-state index in [1.807, 2.05) is 17.0 Å². The average molecular weight is 286 g/mol. The molecule has 0 unspecified atom stereocenters. The van der Waals surface area contributed by atoms with Crippen LogP contribution in [0, 0.1) is 0 Å². The number of aromatic nitrogens is 4. The molecule has 7 heteroatoms. The van der Waals surface area contributed by atoms with Gasteiger partial charge in [-0.3, -0.25) is 14.5 Å². The van der Waals surface area contributed by atoms with E-state index in [4.69, 9.17) is 5.73 Å². The number of pyridine rings is 1. The van der Waals surface area contributed by atoms with Gasteiger partial charge in [-0.25, -0.2) is 0 Å². The highest BCUT2D eigenvalue weighted by Gasteiger charge is 2.34. The van der Waals surface area contributed by atoms with E-state index in [0.29, 0.717) is 31.4 Å². The van der Waals surface area contributed by atoms with Crippen molar-refractivity contribution in [2.75, 3.05) is 6.54 Å². The molecule has 0 aromatic carbocycles. The summed E-state index contributed by atoms with van der Waals surface area (Å²) in [7, 11) is 0. The van der Waals surface area contributed by atoms with Crippen LogP contribution < -0.4 is 5.73 Å². The molecule has 1 aliphatic carbocycles. The number of nitrogens with two attached hydrogens (primary N) is 1. The Balaban J connectivity index is 1.75. The zero-order valence-corrected chi connectivity index (χ0v) is 11.7. The highest BCUT2D eigenvalue weighted by Crippen LogP contribution is 2.29. The summed E-state index contributed by atoms with van der Waals surface area (Å²) in [5, 5.41) is 7.88.